The Bertz CT molecular complexity index is 915. The van der Waals surface area contributed by atoms with Crippen LogP contribution in [0.3, 0.4) is 0 Å². The van der Waals surface area contributed by atoms with Crippen molar-refractivity contribution in [3.05, 3.63) is 45.8 Å². The molecule has 3 aliphatic rings. The highest BCUT2D eigenvalue weighted by atomic mass is 32.1. The van der Waals surface area contributed by atoms with Crippen molar-refractivity contribution in [1.29, 1.82) is 0 Å². The first-order valence-electron chi connectivity index (χ1n) is 11.0. The average molecular weight is 425 g/mol. The highest BCUT2D eigenvalue weighted by Gasteiger charge is 2.32. The number of likely N-dealkylation sites (tertiary alicyclic amines) is 1. The Morgan fingerprint density at radius 1 is 1.00 bits per heavy atom. The van der Waals surface area contributed by atoms with E-state index in [0.29, 0.717) is 0 Å². The fourth-order valence-electron chi connectivity index (χ4n) is 4.87. The van der Waals surface area contributed by atoms with Gasteiger partial charge in [0.05, 0.1) is 4.88 Å². The molecular formula is C23H28N4O2S. The first-order chi connectivity index (χ1) is 14.7. The van der Waals surface area contributed by atoms with Crippen LogP contribution < -0.4 is 4.90 Å². The smallest absolute Gasteiger partial charge is 0.263 e. The molecular weight excluding hydrogens is 396 g/mol. The number of nitrogens with zero attached hydrogens (tertiary/aromatic N) is 4. The molecule has 7 heteroatoms. The third-order valence-electron chi connectivity index (χ3n) is 6.60. The number of rotatable bonds is 3. The van der Waals surface area contributed by atoms with E-state index in [4.69, 9.17) is 0 Å². The highest BCUT2D eigenvalue weighted by Crippen LogP contribution is 2.34. The zero-order valence-corrected chi connectivity index (χ0v) is 18.1. The zero-order valence-electron chi connectivity index (χ0n) is 17.3. The molecule has 0 bridgehead atoms. The van der Waals surface area contributed by atoms with Crippen molar-refractivity contribution in [3.63, 3.8) is 0 Å². The maximum absolute atomic E-state index is 13.2. The van der Waals surface area contributed by atoms with E-state index in [1.807, 2.05) is 34.2 Å². The topological polar surface area (TPSA) is 56.8 Å². The molecule has 0 spiro atoms. The molecule has 4 heterocycles. The molecule has 0 saturated carbocycles. The van der Waals surface area contributed by atoms with E-state index in [1.54, 1.807) is 11.3 Å². The summed E-state index contributed by atoms with van der Waals surface area (Å²) in [5.41, 5.74) is 1.22. The van der Waals surface area contributed by atoms with Gasteiger partial charge in [0.2, 0.25) is 5.91 Å². The zero-order chi connectivity index (χ0) is 20.5. The van der Waals surface area contributed by atoms with Crippen LogP contribution in [-0.2, 0) is 17.6 Å². The number of piperazine rings is 1. The van der Waals surface area contributed by atoms with Crippen molar-refractivity contribution in [2.45, 2.75) is 32.1 Å². The van der Waals surface area contributed by atoms with Gasteiger partial charge in [-0.05, 0) is 55.9 Å². The minimum absolute atomic E-state index is 0.0447. The van der Waals surface area contributed by atoms with Crippen molar-refractivity contribution in [1.82, 2.24) is 14.8 Å². The number of amides is 2. The molecule has 0 aromatic carbocycles. The lowest BCUT2D eigenvalue weighted by Crippen LogP contribution is -2.51. The molecule has 1 atom stereocenters. The summed E-state index contributed by atoms with van der Waals surface area (Å²) in [6.45, 7) is 4.92. The van der Waals surface area contributed by atoms with Crippen LogP contribution in [0.1, 0.15) is 39.4 Å². The van der Waals surface area contributed by atoms with Gasteiger partial charge in [-0.1, -0.05) is 6.07 Å². The average Bonchev–Trinajstić information content (AvgIpc) is 3.48. The number of anilines is 1. The summed E-state index contributed by atoms with van der Waals surface area (Å²) in [5.74, 6) is 1.49. The summed E-state index contributed by atoms with van der Waals surface area (Å²) >= 11 is 1.65. The lowest BCUT2D eigenvalue weighted by atomic mass is 9.87. The van der Waals surface area contributed by atoms with E-state index in [0.717, 1.165) is 82.1 Å². The molecule has 2 saturated heterocycles. The third-order valence-corrected chi connectivity index (χ3v) is 7.83. The van der Waals surface area contributed by atoms with E-state index in [9.17, 15) is 9.59 Å². The number of pyridine rings is 1. The minimum atomic E-state index is 0.0447. The van der Waals surface area contributed by atoms with E-state index in [-0.39, 0.29) is 17.7 Å². The predicted octanol–water partition coefficient (Wildman–Crippen LogP) is 2.83. The van der Waals surface area contributed by atoms with Gasteiger partial charge in [-0.3, -0.25) is 9.59 Å². The lowest BCUT2D eigenvalue weighted by Gasteiger charge is -2.37. The number of thiophene rings is 1. The fourth-order valence-corrected chi connectivity index (χ4v) is 6.05. The molecule has 2 fully saturated rings. The summed E-state index contributed by atoms with van der Waals surface area (Å²) < 4.78 is 0. The van der Waals surface area contributed by atoms with E-state index >= 15 is 0 Å². The van der Waals surface area contributed by atoms with E-state index in [2.05, 4.69) is 16.0 Å². The quantitative estimate of drug-likeness (QED) is 0.760. The van der Waals surface area contributed by atoms with Crippen molar-refractivity contribution in [3.8, 4) is 0 Å². The van der Waals surface area contributed by atoms with Crippen molar-refractivity contribution < 1.29 is 9.59 Å². The second kappa shape index (κ2) is 8.38. The number of aryl methyl sites for hydroxylation is 1. The van der Waals surface area contributed by atoms with Gasteiger partial charge in [0.1, 0.15) is 5.82 Å². The van der Waals surface area contributed by atoms with Crippen molar-refractivity contribution in [2.75, 3.05) is 44.2 Å². The number of carbonyl (C=O) groups excluding carboxylic acids is 2. The van der Waals surface area contributed by atoms with Gasteiger partial charge in [-0.2, -0.15) is 0 Å². The molecule has 0 N–H and O–H groups in total. The summed E-state index contributed by atoms with van der Waals surface area (Å²) in [5, 5.41) is 0. The first kappa shape index (κ1) is 19.5. The molecule has 5 rings (SSSR count). The van der Waals surface area contributed by atoms with Crippen molar-refractivity contribution in [2.24, 2.45) is 5.92 Å². The molecule has 2 aromatic rings. The summed E-state index contributed by atoms with van der Waals surface area (Å²) in [6.07, 6.45) is 6.62. The maximum Gasteiger partial charge on any atom is 0.263 e. The maximum atomic E-state index is 13.2. The van der Waals surface area contributed by atoms with Gasteiger partial charge in [-0.25, -0.2) is 4.98 Å². The van der Waals surface area contributed by atoms with Gasteiger partial charge < -0.3 is 14.7 Å². The molecule has 2 aliphatic heterocycles. The standard InChI is InChI=1S/C23H28N4O2S/c28-22(27-13-11-25(12-14-27)21-5-1-2-8-24-21)17-6-7-19-18(15-17)16-20(30-19)23(29)26-9-3-4-10-26/h1-2,5,8,16-17H,3-4,6-7,9-15H2/t17-/m1/s1. The van der Waals surface area contributed by atoms with Crippen LogP contribution in [0.4, 0.5) is 5.82 Å². The second-order valence-electron chi connectivity index (χ2n) is 8.50. The first-order valence-corrected chi connectivity index (χ1v) is 11.9. The Balaban J connectivity index is 1.20. The van der Waals surface area contributed by atoms with Gasteiger partial charge in [0, 0.05) is 56.3 Å². The number of hydrogen-bond acceptors (Lipinski definition) is 5. The van der Waals surface area contributed by atoms with E-state index in [1.165, 1.54) is 10.4 Å². The number of hydrogen-bond donors (Lipinski definition) is 0. The molecule has 158 valence electrons. The molecule has 0 unspecified atom stereocenters. The summed E-state index contributed by atoms with van der Waals surface area (Å²) in [4.78, 5) is 38.7. The number of fused-ring (bicyclic) bond motifs is 1. The Morgan fingerprint density at radius 2 is 1.80 bits per heavy atom. The van der Waals surface area contributed by atoms with Crippen LogP contribution in [0.15, 0.2) is 30.5 Å². The van der Waals surface area contributed by atoms with Crippen LogP contribution in [0, 0.1) is 5.92 Å². The van der Waals surface area contributed by atoms with Crippen LogP contribution in [-0.4, -0.2) is 65.9 Å². The van der Waals surface area contributed by atoms with Crippen LogP contribution >= 0.6 is 11.3 Å². The second-order valence-corrected chi connectivity index (χ2v) is 9.64. The molecule has 1 aliphatic carbocycles. The SMILES string of the molecule is O=C(c1cc2c(s1)CC[C@@H](C(=O)N1CCN(c3ccccn3)CC1)C2)N1CCCC1. The molecule has 2 amide bonds. The molecule has 0 radical (unpaired) electrons. The third kappa shape index (κ3) is 3.83. The Kier molecular flexibility index (Phi) is 5.46. The highest BCUT2D eigenvalue weighted by molar-refractivity contribution is 7.14. The largest absolute Gasteiger partial charge is 0.353 e. The van der Waals surface area contributed by atoms with Crippen LogP contribution in [0.25, 0.3) is 0 Å². The van der Waals surface area contributed by atoms with Gasteiger partial charge >= 0.3 is 0 Å². The minimum Gasteiger partial charge on any atom is -0.353 e. The fraction of sp³-hybridized carbons (Fsp3) is 0.522. The normalized spacial score (nSPS) is 21.6. The summed E-state index contributed by atoms with van der Waals surface area (Å²) in [6, 6.07) is 8.02. The predicted molar refractivity (Wildman–Crippen MR) is 118 cm³/mol. The molecule has 6 nitrogen and oxygen atoms in total. The van der Waals surface area contributed by atoms with Gasteiger partial charge in [-0.15, -0.1) is 11.3 Å². The Labute approximate surface area is 181 Å². The van der Waals surface area contributed by atoms with Gasteiger partial charge in [0.25, 0.3) is 5.91 Å². The van der Waals surface area contributed by atoms with Crippen LogP contribution in [0.5, 0.6) is 0 Å². The Morgan fingerprint density at radius 3 is 2.53 bits per heavy atom. The number of carbonyl (C=O) groups is 2. The van der Waals surface area contributed by atoms with E-state index < -0.39 is 0 Å². The van der Waals surface area contributed by atoms with Crippen molar-refractivity contribution >= 4 is 29.0 Å². The summed E-state index contributed by atoms with van der Waals surface area (Å²) in [7, 11) is 0. The van der Waals surface area contributed by atoms with Gasteiger partial charge in [0.15, 0.2) is 0 Å². The monoisotopic (exact) mass is 424 g/mol. The molecule has 30 heavy (non-hydrogen) atoms. The van der Waals surface area contributed by atoms with Crippen LogP contribution in [0.2, 0.25) is 0 Å². The molecule has 2 aromatic heterocycles. The number of aromatic nitrogens is 1. The Hall–Kier alpha value is -2.41. The lowest BCUT2D eigenvalue weighted by molar-refractivity contribution is -0.136.